The van der Waals surface area contributed by atoms with Crippen molar-refractivity contribution in [2.75, 3.05) is 26.4 Å². The van der Waals surface area contributed by atoms with Crippen molar-refractivity contribution in [1.82, 2.24) is 14.0 Å². The van der Waals surface area contributed by atoms with E-state index in [1.54, 1.807) is 18.0 Å². The van der Waals surface area contributed by atoms with Crippen molar-refractivity contribution >= 4 is 11.6 Å². The number of methoxy groups -OCH3 is 1. The Kier molecular flexibility index (Phi) is 7.92. The van der Waals surface area contributed by atoms with E-state index < -0.39 is 23.6 Å². The van der Waals surface area contributed by atoms with E-state index in [1.807, 2.05) is 6.92 Å². The van der Waals surface area contributed by atoms with Gasteiger partial charge in [0.15, 0.2) is 17.3 Å². The largest absolute Gasteiger partial charge is 0.493 e. The number of hydrogen-bond donors (Lipinski definition) is 1. The fourth-order valence-electron chi connectivity index (χ4n) is 3.18. The molecule has 0 atom stereocenters. The molecule has 11 heteroatoms. The lowest BCUT2D eigenvalue weighted by molar-refractivity contribution is -0.0512. The first-order valence-corrected chi connectivity index (χ1v) is 9.53. The lowest BCUT2D eigenvalue weighted by Gasteiger charge is -2.19. The highest BCUT2D eigenvalue weighted by Gasteiger charge is 2.22. The number of Topliss-reactive ketones (excluding diaryl/α,β-unsaturated/α-hetero) is 1. The molecule has 1 heterocycles. The maximum Gasteiger partial charge on any atom is 0.387 e. The molecule has 0 amide bonds. The summed E-state index contributed by atoms with van der Waals surface area (Å²) < 4.78 is 36.5. The maximum atomic E-state index is 12.8. The maximum absolute atomic E-state index is 12.8. The van der Waals surface area contributed by atoms with Gasteiger partial charge in [0.25, 0.3) is 5.56 Å². The van der Waals surface area contributed by atoms with Crippen LogP contribution in [0.15, 0.2) is 27.8 Å². The molecule has 1 aromatic carbocycles. The Bertz CT molecular complexity index is 1060. The van der Waals surface area contributed by atoms with Crippen LogP contribution in [0.3, 0.4) is 0 Å². The van der Waals surface area contributed by atoms with E-state index >= 15 is 0 Å². The zero-order chi connectivity index (χ0) is 23.3. The summed E-state index contributed by atoms with van der Waals surface area (Å²) in [6.07, 6.45) is 0.600. The normalized spacial score (nSPS) is 11.2. The molecule has 0 spiro atoms. The van der Waals surface area contributed by atoms with Gasteiger partial charge in [0.1, 0.15) is 11.4 Å². The molecule has 0 saturated carbocycles. The number of benzene rings is 1. The van der Waals surface area contributed by atoms with Gasteiger partial charge in [0.05, 0.1) is 13.7 Å². The Labute approximate surface area is 177 Å². The van der Waals surface area contributed by atoms with Crippen LogP contribution in [0, 0.1) is 0 Å². The minimum atomic E-state index is -2.98. The molecule has 0 radical (unpaired) electrons. The molecule has 0 fully saturated rings. The first-order valence-electron chi connectivity index (χ1n) is 9.53. The number of halogens is 2. The lowest BCUT2D eigenvalue weighted by atomic mass is 10.1. The average molecular weight is 440 g/mol. The summed E-state index contributed by atoms with van der Waals surface area (Å²) in [5.41, 5.74) is 5.10. The number of ether oxygens (including phenoxy) is 2. The van der Waals surface area contributed by atoms with Crippen molar-refractivity contribution in [3.05, 3.63) is 50.2 Å². The zero-order valence-corrected chi connectivity index (χ0v) is 17.9. The molecule has 0 unspecified atom stereocenters. The standard InChI is InChI=1S/C20H26F2N4O5/c1-5-8-26-17(23)16(18(28)25(3)20(26)29)13(27)11-24(2)10-12-6-7-14(31-19(21)22)15(9-12)30-4/h6-7,9,19H,5,8,10-11,23H2,1-4H3. The lowest BCUT2D eigenvalue weighted by Crippen LogP contribution is -2.43. The third-order valence-corrected chi connectivity index (χ3v) is 4.62. The summed E-state index contributed by atoms with van der Waals surface area (Å²) in [4.78, 5) is 39.2. The number of anilines is 1. The van der Waals surface area contributed by atoms with Gasteiger partial charge in [-0.15, -0.1) is 0 Å². The van der Waals surface area contributed by atoms with Gasteiger partial charge >= 0.3 is 12.3 Å². The van der Waals surface area contributed by atoms with Gasteiger partial charge < -0.3 is 15.2 Å². The number of likely N-dealkylation sites (N-methyl/N-ethyl adjacent to an activating group) is 1. The second-order valence-electron chi connectivity index (χ2n) is 7.02. The molecule has 0 aliphatic carbocycles. The Morgan fingerprint density at radius 2 is 1.94 bits per heavy atom. The van der Waals surface area contributed by atoms with Gasteiger partial charge in [-0.2, -0.15) is 8.78 Å². The van der Waals surface area contributed by atoms with Crippen LogP contribution in [0.25, 0.3) is 0 Å². The molecule has 0 bridgehead atoms. The molecule has 1 aromatic heterocycles. The molecular weight excluding hydrogens is 414 g/mol. The molecule has 0 aliphatic heterocycles. The first kappa shape index (κ1) is 24.1. The second-order valence-corrected chi connectivity index (χ2v) is 7.02. The minimum Gasteiger partial charge on any atom is -0.493 e. The third kappa shape index (κ3) is 5.48. The summed E-state index contributed by atoms with van der Waals surface area (Å²) in [7, 11) is 4.28. The fourth-order valence-corrected chi connectivity index (χ4v) is 3.18. The van der Waals surface area contributed by atoms with Gasteiger partial charge in [0, 0.05) is 20.1 Å². The van der Waals surface area contributed by atoms with E-state index in [2.05, 4.69) is 4.74 Å². The monoisotopic (exact) mass is 440 g/mol. The Hall–Kier alpha value is -3.21. The zero-order valence-electron chi connectivity index (χ0n) is 17.9. The van der Waals surface area contributed by atoms with Gasteiger partial charge in [-0.05, 0) is 31.2 Å². The van der Waals surface area contributed by atoms with Crippen LogP contribution in [0.5, 0.6) is 11.5 Å². The topological polar surface area (TPSA) is 109 Å². The van der Waals surface area contributed by atoms with E-state index in [9.17, 15) is 23.2 Å². The summed E-state index contributed by atoms with van der Waals surface area (Å²) in [5, 5.41) is 0. The van der Waals surface area contributed by atoms with E-state index in [0.717, 1.165) is 4.57 Å². The molecule has 9 nitrogen and oxygen atoms in total. The quantitative estimate of drug-likeness (QED) is 0.557. The van der Waals surface area contributed by atoms with Crippen LogP contribution >= 0.6 is 0 Å². The van der Waals surface area contributed by atoms with E-state index in [-0.39, 0.29) is 42.5 Å². The first-order chi connectivity index (χ1) is 14.6. The van der Waals surface area contributed by atoms with Crippen LogP contribution in [0.1, 0.15) is 29.3 Å². The number of hydrogen-bond acceptors (Lipinski definition) is 7. The molecule has 0 saturated heterocycles. The van der Waals surface area contributed by atoms with Gasteiger partial charge in [-0.3, -0.25) is 23.6 Å². The molecule has 0 aliphatic rings. The van der Waals surface area contributed by atoms with E-state index in [0.29, 0.717) is 12.0 Å². The molecule has 2 N–H and O–H groups in total. The van der Waals surface area contributed by atoms with Crippen molar-refractivity contribution in [1.29, 1.82) is 0 Å². The van der Waals surface area contributed by atoms with Crippen molar-refractivity contribution in [2.45, 2.75) is 33.0 Å². The Morgan fingerprint density at radius 1 is 1.26 bits per heavy atom. The van der Waals surface area contributed by atoms with Gasteiger partial charge in [-0.1, -0.05) is 13.0 Å². The van der Waals surface area contributed by atoms with Crippen LogP contribution in [0.4, 0.5) is 14.6 Å². The van der Waals surface area contributed by atoms with Crippen molar-refractivity contribution in [2.24, 2.45) is 7.05 Å². The van der Waals surface area contributed by atoms with Crippen LogP contribution in [-0.2, 0) is 20.1 Å². The predicted molar refractivity (Wildman–Crippen MR) is 111 cm³/mol. The number of carbonyl (C=O) groups excluding carboxylic acids is 1. The highest BCUT2D eigenvalue weighted by atomic mass is 19.3. The highest BCUT2D eigenvalue weighted by Crippen LogP contribution is 2.29. The SMILES string of the molecule is CCCn1c(N)c(C(=O)CN(C)Cc2ccc(OC(F)F)c(OC)c2)c(=O)n(C)c1=O. The second kappa shape index (κ2) is 10.2. The molecule has 31 heavy (non-hydrogen) atoms. The van der Waals surface area contributed by atoms with E-state index in [4.69, 9.17) is 10.5 Å². The molecular formula is C20H26F2N4O5. The van der Waals surface area contributed by atoms with Crippen molar-refractivity contribution < 1.29 is 23.0 Å². The summed E-state index contributed by atoms with van der Waals surface area (Å²) in [6.45, 7) is -0.753. The highest BCUT2D eigenvalue weighted by molar-refractivity contribution is 6.01. The summed E-state index contributed by atoms with van der Waals surface area (Å²) in [6, 6.07) is 4.44. The number of aromatic nitrogens is 2. The minimum absolute atomic E-state index is 0.102. The number of nitrogen functional groups attached to an aromatic ring is 1. The predicted octanol–water partition coefficient (Wildman–Crippen LogP) is 1.46. The van der Waals surface area contributed by atoms with Crippen molar-refractivity contribution in [3.63, 3.8) is 0 Å². The molecule has 2 rings (SSSR count). The van der Waals surface area contributed by atoms with Crippen LogP contribution < -0.4 is 26.5 Å². The van der Waals surface area contributed by atoms with Gasteiger partial charge in [0.2, 0.25) is 0 Å². The average Bonchev–Trinajstić information content (AvgIpc) is 2.70. The molecule has 2 aromatic rings. The number of ketones is 1. The summed E-state index contributed by atoms with van der Waals surface area (Å²) >= 11 is 0. The smallest absolute Gasteiger partial charge is 0.387 e. The number of nitrogens with two attached hydrogens (primary N) is 1. The molecule has 170 valence electrons. The Balaban J connectivity index is 2.24. The number of rotatable bonds is 10. The van der Waals surface area contributed by atoms with Crippen LogP contribution in [0.2, 0.25) is 0 Å². The van der Waals surface area contributed by atoms with Crippen molar-refractivity contribution in [3.8, 4) is 11.5 Å². The summed E-state index contributed by atoms with van der Waals surface area (Å²) in [5.74, 6) is -0.657. The van der Waals surface area contributed by atoms with Gasteiger partial charge in [-0.25, -0.2) is 4.79 Å². The third-order valence-electron chi connectivity index (χ3n) is 4.62. The number of carbonyl (C=O) groups is 1. The van der Waals surface area contributed by atoms with E-state index in [1.165, 1.54) is 30.9 Å². The van der Waals surface area contributed by atoms with Crippen LogP contribution in [-0.4, -0.2) is 47.1 Å². The Morgan fingerprint density at radius 3 is 2.52 bits per heavy atom. The fraction of sp³-hybridized carbons (Fsp3) is 0.450. The number of nitrogens with zero attached hydrogens (tertiary/aromatic N) is 3. The number of alkyl halides is 2.